The number of fused-ring (bicyclic) bond motifs is 1. The van der Waals surface area contributed by atoms with E-state index in [0.717, 1.165) is 37.1 Å². The number of anilines is 2. The minimum Gasteiger partial charge on any atom is -0.463 e. The van der Waals surface area contributed by atoms with Crippen molar-refractivity contribution in [1.29, 1.82) is 5.26 Å². The molecule has 5 rings (SSSR count). The second kappa shape index (κ2) is 12.7. The molecule has 1 saturated heterocycles. The number of aromatic nitrogens is 2. The molecule has 2 atom stereocenters. The second-order valence-corrected chi connectivity index (χ2v) is 12.3. The van der Waals surface area contributed by atoms with Gasteiger partial charge >= 0.3 is 12.4 Å². The number of carbonyl (C=O) groups excluding carboxylic acids is 1. The largest absolute Gasteiger partial charge is 0.573 e. The van der Waals surface area contributed by atoms with Crippen molar-refractivity contribution in [3.05, 3.63) is 47.9 Å². The van der Waals surface area contributed by atoms with Crippen molar-refractivity contribution in [3.8, 4) is 17.8 Å². The number of carbonyl (C=O) groups is 1. The predicted molar refractivity (Wildman–Crippen MR) is 158 cm³/mol. The first-order valence-corrected chi connectivity index (χ1v) is 14.9. The van der Waals surface area contributed by atoms with Crippen LogP contribution in [0, 0.1) is 22.6 Å². The van der Waals surface area contributed by atoms with Gasteiger partial charge in [-0.3, -0.25) is 4.79 Å². The number of para-hydroxylation sites is 1. The number of alkyl halides is 3. The molecule has 0 spiro atoms. The van der Waals surface area contributed by atoms with Crippen molar-refractivity contribution in [3.63, 3.8) is 0 Å². The quantitative estimate of drug-likeness (QED) is 0.281. The first-order chi connectivity index (χ1) is 21.3. The van der Waals surface area contributed by atoms with Crippen LogP contribution in [0.15, 0.2) is 30.9 Å². The van der Waals surface area contributed by atoms with Gasteiger partial charge < -0.3 is 29.1 Å². The van der Waals surface area contributed by atoms with Gasteiger partial charge in [0, 0.05) is 43.2 Å². The van der Waals surface area contributed by atoms with Gasteiger partial charge in [0.15, 0.2) is 5.75 Å². The number of nitrogens with zero attached hydrogens (tertiary/aromatic N) is 7. The highest BCUT2D eigenvalue weighted by Gasteiger charge is 2.44. The van der Waals surface area contributed by atoms with E-state index in [9.17, 15) is 23.2 Å². The summed E-state index contributed by atoms with van der Waals surface area (Å²) in [6.45, 7) is 7.67. The van der Waals surface area contributed by atoms with Gasteiger partial charge in [-0.2, -0.15) is 15.2 Å². The highest BCUT2D eigenvalue weighted by atomic mass is 19.4. The maximum Gasteiger partial charge on any atom is 0.573 e. The third-order valence-electron chi connectivity index (χ3n) is 8.55. The summed E-state index contributed by atoms with van der Waals surface area (Å²) in [6.07, 6.45) is -1.37. The van der Waals surface area contributed by atoms with E-state index in [1.165, 1.54) is 17.0 Å². The molecule has 1 amide bonds. The average molecular weight is 632 g/mol. The lowest BCUT2D eigenvalue weighted by Crippen LogP contribution is -2.55. The Morgan fingerprint density at radius 3 is 2.67 bits per heavy atom. The molecule has 3 aliphatic rings. The number of hydrogen-bond acceptors (Lipinski definition) is 9. The SMILES string of the molecule is C=CC(=O)N1CCN(c2nc(OCC3(CN(C)C)CC3)nc3c2CC(C)N(c2c(F)cccc2OC(F)(F)F)C3)CC1CC#N. The van der Waals surface area contributed by atoms with Crippen LogP contribution in [0.5, 0.6) is 11.8 Å². The van der Waals surface area contributed by atoms with Gasteiger partial charge in [0.2, 0.25) is 5.91 Å². The molecule has 2 unspecified atom stereocenters. The molecule has 0 N–H and O–H groups in total. The van der Waals surface area contributed by atoms with Gasteiger partial charge in [0.25, 0.3) is 0 Å². The number of benzene rings is 1. The van der Waals surface area contributed by atoms with Crippen molar-refractivity contribution in [2.75, 3.05) is 56.7 Å². The molecular weight excluding hydrogens is 594 g/mol. The summed E-state index contributed by atoms with van der Waals surface area (Å²) in [5, 5.41) is 9.49. The smallest absolute Gasteiger partial charge is 0.463 e. The van der Waals surface area contributed by atoms with Crippen LogP contribution in [0.2, 0.25) is 0 Å². The fourth-order valence-electron chi connectivity index (χ4n) is 6.31. The number of hydrogen-bond donors (Lipinski definition) is 0. The minimum absolute atomic E-state index is 0.0170. The number of rotatable bonds is 10. The lowest BCUT2D eigenvalue weighted by atomic mass is 9.97. The lowest BCUT2D eigenvalue weighted by Gasteiger charge is -2.43. The monoisotopic (exact) mass is 631 g/mol. The third kappa shape index (κ3) is 7.24. The number of halogens is 4. The summed E-state index contributed by atoms with van der Waals surface area (Å²) < 4.78 is 65.4. The molecule has 45 heavy (non-hydrogen) atoms. The van der Waals surface area contributed by atoms with Crippen LogP contribution < -0.4 is 19.3 Å². The van der Waals surface area contributed by atoms with Crippen LogP contribution in [-0.4, -0.2) is 91.0 Å². The van der Waals surface area contributed by atoms with Crippen molar-refractivity contribution in [1.82, 2.24) is 19.8 Å². The molecule has 3 heterocycles. The van der Waals surface area contributed by atoms with Crippen LogP contribution in [0.4, 0.5) is 29.1 Å². The van der Waals surface area contributed by atoms with Crippen LogP contribution >= 0.6 is 0 Å². The predicted octanol–water partition coefficient (Wildman–Crippen LogP) is 4.30. The summed E-state index contributed by atoms with van der Waals surface area (Å²) in [5.74, 6) is -1.16. The molecule has 2 fully saturated rings. The molecule has 0 bridgehead atoms. The Labute approximate surface area is 259 Å². The maximum absolute atomic E-state index is 15.2. The molecule has 10 nitrogen and oxygen atoms in total. The molecular formula is C31H37F4N7O3. The van der Waals surface area contributed by atoms with Crippen LogP contribution in [0.25, 0.3) is 0 Å². The molecule has 1 aromatic heterocycles. The summed E-state index contributed by atoms with van der Waals surface area (Å²) in [5.41, 5.74) is 0.932. The van der Waals surface area contributed by atoms with E-state index in [4.69, 9.17) is 14.7 Å². The lowest BCUT2D eigenvalue weighted by molar-refractivity contribution is -0.274. The van der Waals surface area contributed by atoms with E-state index in [1.54, 1.807) is 11.8 Å². The van der Waals surface area contributed by atoms with E-state index in [-0.39, 0.29) is 36.0 Å². The van der Waals surface area contributed by atoms with E-state index < -0.39 is 30.0 Å². The molecule has 0 radical (unpaired) electrons. The molecule has 2 aliphatic heterocycles. The number of ether oxygens (including phenoxy) is 2. The standard InChI is InChI=1S/C31H37F4N7O3/c1-5-26(43)41-14-13-40(16-21(41)9-12-36)28-22-15-20(2)42(27-23(32)7-6-8-25(27)45-31(33,34)35)17-24(22)37-29(38-28)44-19-30(10-11-30)18-39(3)4/h5-8,20-21H,1,9-11,13-19H2,2-4H3. The molecule has 1 aliphatic carbocycles. The van der Waals surface area contributed by atoms with Crippen LogP contribution in [0.3, 0.4) is 0 Å². The van der Waals surface area contributed by atoms with E-state index in [2.05, 4.69) is 22.3 Å². The van der Waals surface area contributed by atoms with Crippen molar-refractivity contribution in [2.24, 2.45) is 5.41 Å². The van der Waals surface area contributed by atoms with E-state index in [0.29, 0.717) is 44.2 Å². The third-order valence-corrected chi connectivity index (χ3v) is 8.55. The first kappa shape index (κ1) is 32.3. The maximum atomic E-state index is 15.2. The van der Waals surface area contributed by atoms with Crippen LogP contribution in [0.1, 0.15) is 37.4 Å². The van der Waals surface area contributed by atoms with Gasteiger partial charge in [-0.25, -0.2) is 4.39 Å². The Bertz CT molecular complexity index is 1470. The van der Waals surface area contributed by atoms with Crippen molar-refractivity contribution in [2.45, 2.75) is 57.6 Å². The topological polar surface area (TPSA) is 98.1 Å². The Hall–Kier alpha value is -4.12. The summed E-state index contributed by atoms with van der Waals surface area (Å²) in [6, 6.07) is 4.78. The summed E-state index contributed by atoms with van der Waals surface area (Å²) >= 11 is 0. The van der Waals surface area contributed by atoms with E-state index >= 15 is 4.39 Å². The van der Waals surface area contributed by atoms with Gasteiger partial charge in [0.1, 0.15) is 17.3 Å². The van der Waals surface area contributed by atoms with Crippen LogP contribution in [-0.2, 0) is 17.8 Å². The molecule has 14 heteroatoms. The van der Waals surface area contributed by atoms with Gasteiger partial charge in [-0.15, -0.1) is 13.2 Å². The molecule has 1 saturated carbocycles. The summed E-state index contributed by atoms with van der Waals surface area (Å²) in [4.78, 5) is 29.3. The normalized spacial score (nSPS) is 20.8. The van der Waals surface area contributed by atoms with Gasteiger partial charge in [-0.05, 0) is 58.5 Å². The highest BCUT2D eigenvalue weighted by Crippen LogP contribution is 2.46. The fourth-order valence-corrected chi connectivity index (χ4v) is 6.31. The number of amides is 1. The number of piperazine rings is 1. The highest BCUT2D eigenvalue weighted by molar-refractivity contribution is 5.87. The average Bonchev–Trinajstić information content (AvgIpc) is 3.73. The Morgan fingerprint density at radius 2 is 2.02 bits per heavy atom. The summed E-state index contributed by atoms with van der Waals surface area (Å²) in [7, 11) is 3.99. The Balaban J connectivity index is 1.52. The molecule has 242 valence electrons. The molecule has 1 aromatic carbocycles. The Morgan fingerprint density at radius 1 is 1.27 bits per heavy atom. The zero-order valence-corrected chi connectivity index (χ0v) is 25.6. The van der Waals surface area contributed by atoms with Crippen molar-refractivity contribution < 1.29 is 31.8 Å². The second-order valence-electron chi connectivity index (χ2n) is 12.3. The zero-order valence-electron chi connectivity index (χ0n) is 25.6. The van der Waals surface area contributed by atoms with Gasteiger partial charge in [-0.1, -0.05) is 12.6 Å². The molecule has 2 aromatic rings. The fraction of sp³-hybridized carbons (Fsp3) is 0.548. The first-order valence-electron chi connectivity index (χ1n) is 14.9. The van der Waals surface area contributed by atoms with Gasteiger partial charge in [0.05, 0.1) is 37.4 Å². The van der Waals surface area contributed by atoms with Crippen molar-refractivity contribution >= 4 is 17.4 Å². The minimum atomic E-state index is -5.00. The number of nitriles is 1. The Kier molecular flexibility index (Phi) is 9.11. The van der Waals surface area contributed by atoms with E-state index in [1.807, 2.05) is 19.0 Å². The zero-order chi connectivity index (χ0) is 32.5.